The average Bonchev–Trinajstić information content (AvgIpc) is 3.31. The maximum absolute atomic E-state index is 13.3. The van der Waals surface area contributed by atoms with Gasteiger partial charge in [0.2, 0.25) is 0 Å². The standard InChI is InChI=1S/C23H19N5O6S/c1-2-34-22(31)19-17(21(30)27(25-19)15-8-4-3-5-9-15)13-26-18(20(29)24-23(26)35)12-14-7-6-10-16(11-14)28(32)33/h3-13,25,31H,2H2,1H3,(H,24,29,35)/p-1/b17-13+,18-12+,22-19?. The zero-order chi connectivity index (χ0) is 25.1. The lowest BCUT2D eigenvalue weighted by Crippen LogP contribution is -2.41. The largest absolute Gasteiger partial charge is 0.612 e. The van der Waals surface area contributed by atoms with Crippen molar-refractivity contribution in [2.75, 3.05) is 6.61 Å². The number of hydrogen-bond donors (Lipinski definition) is 2. The molecular formula is C23H18N5O6S-. The molecule has 1 amide bonds. The van der Waals surface area contributed by atoms with Crippen LogP contribution in [0.1, 0.15) is 12.5 Å². The molecule has 12 heteroatoms. The first-order valence-corrected chi connectivity index (χ1v) is 10.7. The van der Waals surface area contributed by atoms with Crippen LogP contribution in [0.15, 0.2) is 65.1 Å². The number of carbonyl (C=O) groups excluding carboxylic acids is 1. The Morgan fingerprint density at radius 1 is 1.17 bits per heavy atom. The highest BCUT2D eigenvalue weighted by molar-refractivity contribution is 7.80. The summed E-state index contributed by atoms with van der Waals surface area (Å²) in [6.07, 6.45) is 2.65. The second kappa shape index (κ2) is 9.65. The van der Waals surface area contributed by atoms with Crippen LogP contribution in [0.3, 0.4) is 0 Å². The van der Waals surface area contributed by atoms with Gasteiger partial charge in [-0.3, -0.25) is 35.0 Å². The van der Waals surface area contributed by atoms with E-state index in [4.69, 9.17) is 17.0 Å². The normalized spacial score (nSPS) is 16.0. The van der Waals surface area contributed by atoms with E-state index in [9.17, 15) is 24.8 Å². The predicted octanol–water partition coefficient (Wildman–Crippen LogP) is 0.0321. The van der Waals surface area contributed by atoms with Crippen LogP contribution in [-0.2, 0) is 9.53 Å². The molecule has 1 fully saturated rings. The molecule has 4 rings (SSSR count). The molecule has 1 aliphatic heterocycles. The number of nitrogens with zero attached hydrogens (tertiary/aromatic N) is 3. The number of carbonyl (C=O) groups is 1. The van der Waals surface area contributed by atoms with Crippen molar-refractivity contribution in [2.45, 2.75) is 6.92 Å². The number of aromatic amines is 1. The molecule has 1 aliphatic rings. The summed E-state index contributed by atoms with van der Waals surface area (Å²) in [7, 11) is 0. The summed E-state index contributed by atoms with van der Waals surface area (Å²) in [4.78, 5) is 37.7. The number of nitrogens with one attached hydrogen (secondary N) is 2. The molecule has 2 heterocycles. The van der Waals surface area contributed by atoms with Gasteiger partial charge in [0, 0.05) is 18.3 Å². The number of nitro groups is 1. The van der Waals surface area contributed by atoms with E-state index in [2.05, 4.69) is 10.4 Å². The van der Waals surface area contributed by atoms with Crippen molar-refractivity contribution >= 4 is 47.1 Å². The minimum absolute atomic E-state index is 0.0113. The van der Waals surface area contributed by atoms with Crippen molar-refractivity contribution in [3.63, 3.8) is 0 Å². The number of H-pyrrole nitrogens is 1. The molecule has 35 heavy (non-hydrogen) atoms. The van der Waals surface area contributed by atoms with Crippen LogP contribution in [0.25, 0.3) is 23.9 Å². The summed E-state index contributed by atoms with van der Waals surface area (Å²) in [5.41, 5.74) is 0.132. The van der Waals surface area contributed by atoms with E-state index in [0.717, 1.165) is 0 Å². The topological polar surface area (TPSA) is 146 Å². The second-order valence-corrected chi connectivity index (χ2v) is 7.62. The number of non-ortho nitro benzene ring substituents is 1. The van der Waals surface area contributed by atoms with Crippen LogP contribution in [0, 0.1) is 10.1 Å². The van der Waals surface area contributed by atoms with E-state index in [0.29, 0.717) is 11.3 Å². The van der Waals surface area contributed by atoms with Gasteiger partial charge >= 0.3 is 0 Å². The van der Waals surface area contributed by atoms with E-state index < -0.39 is 22.3 Å². The van der Waals surface area contributed by atoms with Crippen molar-refractivity contribution < 1.29 is 19.6 Å². The van der Waals surface area contributed by atoms with Crippen LogP contribution < -0.4 is 26.6 Å². The molecular weight excluding hydrogens is 474 g/mol. The molecule has 0 radical (unpaired) electrons. The van der Waals surface area contributed by atoms with Crippen LogP contribution in [0.4, 0.5) is 5.69 Å². The number of aromatic nitrogens is 2. The van der Waals surface area contributed by atoms with E-state index >= 15 is 0 Å². The lowest BCUT2D eigenvalue weighted by Gasteiger charge is -2.12. The quantitative estimate of drug-likeness (QED) is 0.212. The minimum atomic E-state index is -0.765. The molecule has 2 aromatic carbocycles. The van der Waals surface area contributed by atoms with Crippen LogP contribution >= 0.6 is 12.2 Å². The molecule has 2 N–H and O–H groups in total. The fraction of sp³-hybridized carbons (Fsp3) is 0.0870. The van der Waals surface area contributed by atoms with Crippen molar-refractivity contribution in [1.82, 2.24) is 20.0 Å². The van der Waals surface area contributed by atoms with E-state index in [-0.39, 0.29) is 33.7 Å². The number of thiocarbonyl (C=S) groups is 1. The summed E-state index contributed by atoms with van der Waals surface area (Å²) in [5.74, 6) is -1.34. The molecule has 1 aromatic heterocycles. The van der Waals surface area contributed by atoms with Crippen LogP contribution in [0.5, 0.6) is 0 Å². The molecule has 3 aromatic rings. The van der Waals surface area contributed by atoms with Gasteiger partial charge < -0.3 is 9.84 Å². The molecule has 0 aliphatic carbocycles. The van der Waals surface area contributed by atoms with Crippen molar-refractivity contribution in [2.24, 2.45) is 0 Å². The van der Waals surface area contributed by atoms with Crippen molar-refractivity contribution in [1.29, 1.82) is 0 Å². The molecule has 0 atom stereocenters. The Labute approximate surface area is 203 Å². The van der Waals surface area contributed by atoms with E-state index in [1.807, 2.05) is 0 Å². The van der Waals surface area contributed by atoms with Crippen LogP contribution in [-0.4, -0.2) is 37.2 Å². The Bertz CT molecular complexity index is 1540. The first-order chi connectivity index (χ1) is 16.8. The maximum atomic E-state index is 13.3. The molecule has 0 unspecified atom stereocenters. The van der Waals surface area contributed by atoms with Gasteiger partial charge in [-0.2, -0.15) is 0 Å². The first-order valence-electron chi connectivity index (χ1n) is 10.3. The Hall–Kier alpha value is -4.71. The van der Waals surface area contributed by atoms with Gasteiger partial charge in [0.1, 0.15) is 5.70 Å². The molecule has 0 saturated carbocycles. The Kier molecular flexibility index (Phi) is 6.46. The van der Waals surface area contributed by atoms with Gasteiger partial charge in [-0.1, -0.05) is 37.3 Å². The van der Waals surface area contributed by atoms with Gasteiger partial charge in [0.25, 0.3) is 17.2 Å². The zero-order valence-corrected chi connectivity index (χ0v) is 19.1. The fourth-order valence-corrected chi connectivity index (χ4v) is 3.65. The van der Waals surface area contributed by atoms with Crippen LogP contribution in [0.2, 0.25) is 0 Å². The molecule has 0 spiro atoms. The van der Waals surface area contributed by atoms with Gasteiger partial charge in [-0.25, -0.2) is 4.68 Å². The van der Waals surface area contributed by atoms with Gasteiger partial charge in [0.15, 0.2) is 5.11 Å². The minimum Gasteiger partial charge on any atom is -0.612 e. The Morgan fingerprint density at radius 2 is 1.91 bits per heavy atom. The lowest BCUT2D eigenvalue weighted by molar-refractivity contribution is -0.384. The Morgan fingerprint density at radius 3 is 2.60 bits per heavy atom. The second-order valence-electron chi connectivity index (χ2n) is 7.24. The highest BCUT2D eigenvalue weighted by Gasteiger charge is 2.29. The van der Waals surface area contributed by atoms with E-state index in [1.165, 1.54) is 40.1 Å². The summed E-state index contributed by atoms with van der Waals surface area (Å²) in [6.45, 7) is 1.71. The Balaban J connectivity index is 1.92. The number of rotatable bonds is 6. The lowest BCUT2D eigenvalue weighted by atomic mass is 10.1. The maximum Gasteiger partial charge on any atom is 0.280 e. The number of hydrogen-bond acceptors (Lipinski definition) is 7. The third-order valence-electron chi connectivity index (χ3n) is 4.99. The van der Waals surface area contributed by atoms with Gasteiger partial charge in [-0.15, -0.1) is 0 Å². The zero-order valence-electron chi connectivity index (χ0n) is 18.3. The summed E-state index contributed by atoms with van der Waals surface area (Å²) >= 11 is 5.26. The monoisotopic (exact) mass is 492 g/mol. The number of nitro benzene ring substituents is 1. The highest BCUT2D eigenvalue weighted by Crippen LogP contribution is 2.20. The number of para-hydroxylation sites is 1. The third-order valence-corrected chi connectivity index (χ3v) is 5.29. The van der Waals surface area contributed by atoms with Crippen molar-refractivity contribution in [3.8, 4) is 5.69 Å². The number of amides is 1. The molecule has 11 nitrogen and oxygen atoms in total. The summed E-state index contributed by atoms with van der Waals surface area (Å²) < 4.78 is 6.27. The van der Waals surface area contributed by atoms with Crippen molar-refractivity contribution in [3.05, 3.63) is 96.9 Å². The van der Waals surface area contributed by atoms with E-state index in [1.54, 1.807) is 43.3 Å². The fourth-order valence-electron chi connectivity index (χ4n) is 3.41. The highest BCUT2D eigenvalue weighted by atomic mass is 32.1. The number of benzene rings is 2. The number of ether oxygens (including phenoxy) is 1. The van der Waals surface area contributed by atoms with Gasteiger partial charge in [-0.05, 0) is 42.6 Å². The smallest absolute Gasteiger partial charge is 0.280 e. The molecule has 178 valence electrons. The first kappa shape index (κ1) is 23.4. The molecule has 1 saturated heterocycles. The predicted molar refractivity (Wildman–Crippen MR) is 129 cm³/mol. The SMILES string of the molecule is CCOC([O-])=c1[nH]n(-c2ccccc2)c(=O)/c1=C/N1C(=S)NC(=O)/C1=C\c1cccc([N+](=O)[O-])c1. The summed E-state index contributed by atoms with van der Waals surface area (Å²) in [6, 6.07) is 14.3. The molecule has 0 bridgehead atoms. The van der Waals surface area contributed by atoms with Gasteiger partial charge in [0.05, 0.1) is 27.1 Å². The average molecular weight is 492 g/mol. The third kappa shape index (κ3) is 4.68. The summed E-state index contributed by atoms with van der Waals surface area (Å²) in [5, 5.41) is 28.7.